The van der Waals surface area contributed by atoms with E-state index in [1.54, 1.807) is 6.20 Å². The Morgan fingerprint density at radius 2 is 2.21 bits per heavy atom. The topological polar surface area (TPSA) is 57.3 Å². The van der Waals surface area contributed by atoms with Crippen LogP contribution in [0, 0.1) is 6.92 Å². The molecule has 1 aliphatic heterocycles. The number of pyridine rings is 1. The predicted octanol–water partition coefficient (Wildman–Crippen LogP) is -0.0461. The lowest BCUT2D eigenvalue weighted by Crippen LogP contribution is -2.46. The predicted molar refractivity (Wildman–Crippen MR) is 75.0 cm³/mol. The number of aromatic nitrogens is 1. The van der Waals surface area contributed by atoms with Crippen LogP contribution in [0.15, 0.2) is 18.3 Å². The first-order chi connectivity index (χ1) is 9.24. The molecule has 1 aliphatic rings. The molecule has 5 nitrogen and oxygen atoms in total. The SMILES string of the molecule is Cc1ccc(CC(=O)NCCN2CCNCC2)cn1. The van der Waals surface area contributed by atoms with E-state index in [1.165, 1.54) is 0 Å². The normalized spacial score (nSPS) is 16.3. The van der Waals surface area contributed by atoms with E-state index in [-0.39, 0.29) is 5.91 Å². The second kappa shape index (κ2) is 7.21. The van der Waals surface area contributed by atoms with Gasteiger partial charge in [-0.3, -0.25) is 14.7 Å². The van der Waals surface area contributed by atoms with E-state index in [0.717, 1.165) is 50.5 Å². The van der Waals surface area contributed by atoms with Gasteiger partial charge in [-0.2, -0.15) is 0 Å². The number of aryl methyl sites for hydroxylation is 1. The highest BCUT2D eigenvalue weighted by molar-refractivity contribution is 5.78. The van der Waals surface area contributed by atoms with Gasteiger partial charge in [0.2, 0.25) is 5.91 Å². The third kappa shape index (κ3) is 4.96. The first-order valence-corrected chi connectivity index (χ1v) is 6.85. The van der Waals surface area contributed by atoms with Crippen molar-refractivity contribution < 1.29 is 4.79 Å². The molecule has 19 heavy (non-hydrogen) atoms. The summed E-state index contributed by atoms with van der Waals surface area (Å²) in [6.45, 7) is 7.82. The molecule has 0 radical (unpaired) electrons. The van der Waals surface area contributed by atoms with Crippen molar-refractivity contribution >= 4 is 5.91 Å². The molecule has 2 N–H and O–H groups in total. The molecule has 1 amide bonds. The van der Waals surface area contributed by atoms with Crippen molar-refractivity contribution in [3.8, 4) is 0 Å². The molecule has 1 aromatic heterocycles. The number of nitrogens with one attached hydrogen (secondary N) is 2. The van der Waals surface area contributed by atoms with Crippen LogP contribution in [0.4, 0.5) is 0 Å². The Morgan fingerprint density at radius 3 is 2.89 bits per heavy atom. The highest BCUT2D eigenvalue weighted by Gasteiger charge is 2.09. The number of nitrogens with zero attached hydrogens (tertiary/aromatic N) is 2. The summed E-state index contributed by atoms with van der Waals surface area (Å²) in [6.07, 6.45) is 2.18. The molecule has 0 bridgehead atoms. The Kier molecular flexibility index (Phi) is 5.30. The Hall–Kier alpha value is -1.46. The van der Waals surface area contributed by atoms with Crippen LogP contribution in [0.2, 0.25) is 0 Å². The van der Waals surface area contributed by atoms with Gasteiger partial charge in [0.25, 0.3) is 0 Å². The fourth-order valence-electron chi connectivity index (χ4n) is 2.14. The second-order valence-corrected chi connectivity index (χ2v) is 4.93. The zero-order chi connectivity index (χ0) is 13.5. The average Bonchev–Trinajstić information content (AvgIpc) is 2.43. The van der Waals surface area contributed by atoms with Gasteiger partial charge in [-0.15, -0.1) is 0 Å². The number of hydrogen-bond acceptors (Lipinski definition) is 4. The molecule has 0 aliphatic carbocycles. The van der Waals surface area contributed by atoms with Gasteiger partial charge >= 0.3 is 0 Å². The molecule has 1 aromatic rings. The smallest absolute Gasteiger partial charge is 0.224 e. The van der Waals surface area contributed by atoms with Crippen LogP contribution in [-0.2, 0) is 11.2 Å². The number of carbonyl (C=O) groups excluding carboxylic acids is 1. The van der Waals surface area contributed by atoms with Crippen molar-refractivity contribution in [2.24, 2.45) is 0 Å². The molecule has 104 valence electrons. The highest BCUT2D eigenvalue weighted by Crippen LogP contribution is 2.00. The highest BCUT2D eigenvalue weighted by atomic mass is 16.1. The quantitative estimate of drug-likeness (QED) is 0.781. The van der Waals surface area contributed by atoms with Crippen molar-refractivity contribution in [1.29, 1.82) is 0 Å². The van der Waals surface area contributed by atoms with Crippen molar-refractivity contribution in [2.45, 2.75) is 13.3 Å². The summed E-state index contributed by atoms with van der Waals surface area (Å²) in [5.41, 5.74) is 1.94. The first kappa shape index (κ1) is 14.0. The maximum Gasteiger partial charge on any atom is 0.224 e. The van der Waals surface area contributed by atoms with E-state index < -0.39 is 0 Å². The number of carbonyl (C=O) groups is 1. The summed E-state index contributed by atoms with van der Waals surface area (Å²) in [6, 6.07) is 3.89. The molecule has 1 saturated heterocycles. The molecule has 5 heteroatoms. The monoisotopic (exact) mass is 262 g/mol. The van der Waals surface area contributed by atoms with Crippen LogP contribution in [-0.4, -0.2) is 55.1 Å². The van der Waals surface area contributed by atoms with Gasteiger partial charge in [0.15, 0.2) is 0 Å². The summed E-state index contributed by atoms with van der Waals surface area (Å²) >= 11 is 0. The van der Waals surface area contributed by atoms with Gasteiger partial charge in [-0.05, 0) is 18.6 Å². The van der Waals surface area contributed by atoms with E-state index in [0.29, 0.717) is 6.42 Å². The molecule has 1 fully saturated rings. The van der Waals surface area contributed by atoms with Gasteiger partial charge in [0, 0.05) is 51.2 Å². The Balaban J connectivity index is 1.65. The van der Waals surface area contributed by atoms with Crippen LogP contribution >= 0.6 is 0 Å². The number of hydrogen-bond donors (Lipinski definition) is 2. The van der Waals surface area contributed by atoms with Gasteiger partial charge in [0.1, 0.15) is 0 Å². The molecule has 2 rings (SSSR count). The van der Waals surface area contributed by atoms with Crippen molar-refractivity contribution in [1.82, 2.24) is 20.5 Å². The van der Waals surface area contributed by atoms with Crippen molar-refractivity contribution in [2.75, 3.05) is 39.3 Å². The van der Waals surface area contributed by atoms with Crippen LogP contribution in [0.5, 0.6) is 0 Å². The summed E-state index contributed by atoms with van der Waals surface area (Å²) in [4.78, 5) is 18.3. The lowest BCUT2D eigenvalue weighted by molar-refractivity contribution is -0.120. The maximum absolute atomic E-state index is 11.8. The van der Waals surface area contributed by atoms with Crippen molar-refractivity contribution in [3.05, 3.63) is 29.6 Å². The third-order valence-corrected chi connectivity index (χ3v) is 3.30. The third-order valence-electron chi connectivity index (χ3n) is 3.30. The second-order valence-electron chi connectivity index (χ2n) is 4.93. The Morgan fingerprint density at radius 1 is 1.42 bits per heavy atom. The number of piperazine rings is 1. The van der Waals surface area contributed by atoms with Gasteiger partial charge in [-0.1, -0.05) is 6.07 Å². The van der Waals surface area contributed by atoms with Gasteiger partial charge in [0.05, 0.1) is 6.42 Å². The molecule has 0 aromatic carbocycles. The van der Waals surface area contributed by atoms with E-state index in [9.17, 15) is 4.79 Å². The molecule has 0 spiro atoms. The zero-order valence-corrected chi connectivity index (χ0v) is 11.5. The van der Waals surface area contributed by atoms with Crippen molar-refractivity contribution in [3.63, 3.8) is 0 Å². The fourth-order valence-corrected chi connectivity index (χ4v) is 2.14. The number of amides is 1. The minimum atomic E-state index is 0.0702. The van der Waals surface area contributed by atoms with E-state index in [1.807, 2.05) is 19.1 Å². The van der Waals surface area contributed by atoms with Gasteiger partial charge in [-0.25, -0.2) is 0 Å². The zero-order valence-electron chi connectivity index (χ0n) is 11.5. The number of rotatable bonds is 5. The maximum atomic E-state index is 11.8. The summed E-state index contributed by atoms with van der Waals surface area (Å²) < 4.78 is 0. The van der Waals surface area contributed by atoms with E-state index in [4.69, 9.17) is 0 Å². The molecule has 0 atom stereocenters. The molecule has 0 saturated carbocycles. The molecular weight excluding hydrogens is 240 g/mol. The summed E-state index contributed by atoms with van der Waals surface area (Å²) in [5, 5.41) is 6.28. The van der Waals surface area contributed by atoms with Crippen LogP contribution in [0.3, 0.4) is 0 Å². The largest absolute Gasteiger partial charge is 0.355 e. The first-order valence-electron chi connectivity index (χ1n) is 6.85. The minimum absolute atomic E-state index is 0.0702. The fraction of sp³-hybridized carbons (Fsp3) is 0.571. The van der Waals surface area contributed by atoms with Gasteiger partial charge < -0.3 is 10.6 Å². The summed E-state index contributed by atoms with van der Waals surface area (Å²) in [7, 11) is 0. The summed E-state index contributed by atoms with van der Waals surface area (Å²) in [5.74, 6) is 0.0702. The molecule has 0 unspecified atom stereocenters. The average molecular weight is 262 g/mol. The minimum Gasteiger partial charge on any atom is -0.355 e. The van der Waals surface area contributed by atoms with Crippen LogP contribution < -0.4 is 10.6 Å². The van der Waals surface area contributed by atoms with E-state index in [2.05, 4.69) is 20.5 Å². The van der Waals surface area contributed by atoms with Crippen LogP contribution in [0.1, 0.15) is 11.3 Å². The van der Waals surface area contributed by atoms with E-state index >= 15 is 0 Å². The lowest BCUT2D eigenvalue weighted by Gasteiger charge is -2.27. The lowest BCUT2D eigenvalue weighted by atomic mass is 10.2. The van der Waals surface area contributed by atoms with Crippen LogP contribution in [0.25, 0.3) is 0 Å². The Bertz CT molecular complexity index is 398. The Labute approximate surface area is 114 Å². The molecular formula is C14H22N4O. The molecule has 2 heterocycles. The standard InChI is InChI=1S/C14H22N4O/c1-12-2-3-13(11-17-12)10-14(19)16-6-9-18-7-4-15-5-8-18/h2-3,11,15H,4-10H2,1H3,(H,16,19).